The standard InChI is InChI=1S/C29H30N3O5/c33-26(24-13-7-8-14-25(24)31(35)36)19-32-17-15-21(16-18-32)27(20-32)37-29(34)28(22-9-3-1-4-10-22)30-23-11-5-2-6-12-23/h1-14,21,27-28,30H,15-20H2/q+1/t21?,27-,28+,32?/m0/s1. The van der Waals surface area contributed by atoms with Crippen LogP contribution in [0, 0.1) is 16.0 Å². The lowest BCUT2D eigenvalue weighted by Crippen LogP contribution is -2.65. The Morgan fingerprint density at radius 3 is 2.24 bits per heavy atom. The van der Waals surface area contributed by atoms with Crippen LogP contribution in [0.15, 0.2) is 84.9 Å². The summed E-state index contributed by atoms with van der Waals surface area (Å²) in [7, 11) is 0. The van der Waals surface area contributed by atoms with Gasteiger partial charge >= 0.3 is 5.97 Å². The lowest BCUT2D eigenvalue weighted by atomic mass is 9.82. The number of esters is 1. The molecular formula is C29H30N3O5+. The van der Waals surface area contributed by atoms with Crippen molar-refractivity contribution in [2.75, 3.05) is 31.5 Å². The third-order valence-electron chi connectivity index (χ3n) is 7.64. The zero-order valence-corrected chi connectivity index (χ0v) is 20.5. The lowest BCUT2D eigenvalue weighted by molar-refractivity contribution is -0.938. The van der Waals surface area contributed by atoms with Crippen LogP contribution in [0.1, 0.15) is 34.8 Å². The number of quaternary nitrogens is 1. The molecule has 3 aliphatic rings. The van der Waals surface area contributed by atoms with Crippen molar-refractivity contribution < 1.29 is 23.7 Å². The van der Waals surface area contributed by atoms with Crippen LogP contribution in [0.4, 0.5) is 11.4 Å². The monoisotopic (exact) mass is 500 g/mol. The van der Waals surface area contributed by atoms with Crippen molar-refractivity contribution in [1.82, 2.24) is 0 Å². The van der Waals surface area contributed by atoms with Crippen LogP contribution in [-0.2, 0) is 9.53 Å². The number of ether oxygens (including phenoxy) is 1. The number of nitro benzene ring substituents is 1. The number of nitrogens with one attached hydrogen (secondary N) is 1. The Kier molecular flexibility index (Phi) is 7.01. The van der Waals surface area contributed by atoms with Crippen molar-refractivity contribution in [3.63, 3.8) is 0 Å². The molecule has 3 aromatic rings. The van der Waals surface area contributed by atoms with E-state index in [0.717, 1.165) is 37.2 Å². The van der Waals surface area contributed by atoms with Crippen LogP contribution in [0.2, 0.25) is 0 Å². The molecule has 0 unspecified atom stereocenters. The number of piperidine rings is 3. The number of rotatable bonds is 9. The van der Waals surface area contributed by atoms with Crippen molar-refractivity contribution in [3.05, 3.63) is 106 Å². The van der Waals surface area contributed by atoms with Gasteiger partial charge in [-0.05, 0) is 23.8 Å². The molecule has 1 N–H and O–H groups in total. The summed E-state index contributed by atoms with van der Waals surface area (Å²) in [5, 5.41) is 14.8. The van der Waals surface area contributed by atoms with Gasteiger partial charge in [0.05, 0.1) is 18.0 Å². The maximum absolute atomic E-state index is 13.5. The number of Topliss-reactive ketones (excluding diaryl/α,β-unsaturated/α-hetero) is 1. The van der Waals surface area contributed by atoms with E-state index in [2.05, 4.69) is 5.32 Å². The maximum Gasteiger partial charge on any atom is 0.333 e. The minimum atomic E-state index is -0.666. The summed E-state index contributed by atoms with van der Waals surface area (Å²) in [5.74, 6) is -0.346. The molecule has 3 saturated heterocycles. The highest BCUT2D eigenvalue weighted by molar-refractivity contribution is 6.00. The Morgan fingerprint density at radius 2 is 1.57 bits per heavy atom. The number of hydrogen-bond acceptors (Lipinski definition) is 6. The minimum absolute atomic E-state index is 0.137. The zero-order chi connectivity index (χ0) is 25.8. The van der Waals surface area contributed by atoms with Gasteiger partial charge in [0.1, 0.15) is 18.7 Å². The first-order chi connectivity index (χ1) is 17.9. The maximum atomic E-state index is 13.5. The van der Waals surface area contributed by atoms with Crippen LogP contribution < -0.4 is 5.32 Å². The summed E-state index contributed by atoms with van der Waals surface area (Å²) in [6.07, 6.45) is 1.39. The molecule has 3 aliphatic heterocycles. The quantitative estimate of drug-likeness (QED) is 0.149. The third-order valence-corrected chi connectivity index (χ3v) is 7.64. The fourth-order valence-corrected chi connectivity index (χ4v) is 5.68. The molecule has 2 atom stereocenters. The molecule has 8 heteroatoms. The average Bonchev–Trinajstić information content (AvgIpc) is 2.93. The minimum Gasteiger partial charge on any atom is -0.454 e. The number of anilines is 1. The molecule has 0 amide bonds. The first kappa shape index (κ1) is 24.6. The number of carbonyl (C=O) groups excluding carboxylic acids is 2. The van der Waals surface area contributed by atoms with Gasteiger partial charge in [-0.15, -0.1) is 0 Å². The van der Waals surface area contributed by atoms with Crippen molar-refractivity contribution in [1.29, 1.82) is 0 Å². The second kappa shape index (κ2) is 10.5. The molecule has 37 heavy (non-hydrogen) atoms. The van der Waals surface area contributed by atoms with Gasteiger partial charge in [0.2, 0.25) is 5.78 Å². The molecule has 6 rings (SSSR count). The van der Waals surface area contributed by atoms with E-state index < -0.39 is 11.0 Å². The highest BCUT2D eigenvalue weighted by Gasteiger charge is 2.49. The number of nitrogens with zero attached hydrogens (tertiary/aromatic N) is 2. The first-order valence-corrected chi connectivity index (χ1v) is 12.6. The van der Waals surface area contributed by atoms with Gasteiger partial charge in [0.15, 0.2) is 12.1 Å². The van der Waals surface area contributed by atoms with E-state index in [1.54, 1.807) is 12.1 Å². The molecule has 0 saturated carbocycles. The first-order valence-electron chi connectivity index (χ1n) is 12.6. The molecule has 3 heterocycles. The van der Waals surface area contributed by atoms with Gasteiger partial charge in [0.25, 0.3) is 5.69 Å². The van der Waals surface area contributed by atoms with Gasteiger partial charge in [-0.3, -0.25) is 14.9 Å². The van der Waals surface area contributed by atoms with E-state index >= 15 is 0 Å². The topological polar surface area (TPSA) is 98.5 Å². The second-order valence-electron chi connectivity index (χ2n) is 9.99. The van der Waals surface area contributed by atoms with E-state index in [1.807, 2.05) is 60.7 Å². The lowest BCUT2D eigenvalue weighted by Gasteiger charge is -2.51. The molecule has 3 aromatic carbocycles. The van der Waals surface area contributed by atoms with Gasteiger partial charge in [-0.25, -0.2) is 4.79 Å². The van der Waals surface area contributed by atoms with E-state index in [1.165, 1.54) is 12.1 Å². The molecule has 3 fully saturated rings. The molecule has 0 radical (unpaired) electrons. The average molecular weight is 501 g/mol. The summed E-state index contributed by atoms with van der Waals surface area (Å²) in [4.78, 5) is 37.7. The summed E-state index contributed by atoms with van der Waals surface area (Å²) in [6, 6.07) is 24.5. The van der Waals surface area contributed by atoms with Crippen molar-refractivity contribution >= 4 is 23.1 Å². The number of carbonyl (C=O) groups is 2. The smallest absolute Gasteiger partial charge is 0.333 e. The fourth-order valence-electron chi connectivity index (χ4n) is 5.68. The number of benzene rings is 3. The van der Waals surface area contributed by atoms with Crippen molar-refractivity contribution in [2.24, 2.45) is 5.92 Å². The number of hydrogen-bond donors (Lipinski definition) is 1. The van der Waals surface area contributed by atoms with Crippen LogP contribution in [-0.4, -0.2) is 53.4 Å². The Bertz CT molecular complexity index is 1270. The normalized spacial score (nSPS) is 23.1. The van der Waals surface area contributed by atoms with Crippen LogP contribution in [0.5, 0.6) is 0 Å². The van der Waals surface area contributed by atoms with E-state index in [9.17, 15) is 19.7 Å². The third kappa shape index (κ3) is 5.39. The predicted molar refractivity (Wildman–Crippen MR) is 139 cm³/mol. The van der Waals surface area contributed by atoms with Crippen LogP contribution >= 0.6 is 0 Å². The van der Waals surface area contributed by atoms with Gasteiger partial charge in [-0.1, -0.05) is 60.7 Å². The molecule has 0 aromatic heterocycles. The van der Waals surface area contributed by atoms with Crippen LogP contribution in [0.3, 0.4) is 0 Å². The summed E-state index contributed by atoms with van der Waals surface area (Å²) >= 11 is 0. The van der Waals surface area contributed by atoms with Crippen molar-refractivity contribution in [3.8, 4) is 0 Å². The molecule has 8 nitrogen and oxygen atoms in total. The van der Waals surface area contributed by atoms with E-state index in [0.29, 0.717) is 11.0 Å². The Balaban J connectivity index is 1.32. The summed E-state index contributed by atoms with van der Waals surface area (Å²) in [5.41, 5.74) is 1.60. The molecule has 190 valence electrons. The zero-order valence-electron chi connectivity index (χ0n) is 20.5. The van der Waals surface area contributed by atoms with Gasteiger partial charge in [-0.2, -0.15) is 0 Å². The van der Waals surface area contributed by atoms with Gasteiger partial charge < -0.3 is 14.5 Å². The predicted octanol–water partition coefficient (Wildman–Crippen LogP) is 4.78. The summed E-state index contributed by atoms with van der Waals surface area (Å²) in [6.45, 7) is 2.30. The van der Waals surface area contributed by atoms with Crippen LogP contribution in [0.25, 0.3) is 0 Å². The SMILES string of the molecule is O=C(C[N+]12CCC(CC1)[C@@H](OC(=O)[C@H](Nc1ccccc1)c1ccccc1)C2)c1ccccc1[N+](=O)[O-]. The number of fused-ring (bicyclic) bond motifs is 3. The van der Waals surface area contributed by atoms with E-state index in [-0.39, 0.29) is 41.6 Å². The molecule has 0 spiro atoms. The second-order valence-corrected chi connectivity index (χ2v) is 9.99. The largest absolute Gasteiger partial charge is 0.454 e. The Hall–Kier alpha value is -4.04. The summed E-state index contributed by atoms with van der Waals surface area (Å²) < 4.78 is 6.64. The highest BCUT2D eigenvalue weighted by Crippen LogP contribution is 2.37. The van der Waals surface area contributed by atoms with Crippen molar-refractivity contribution in [2.45, 2.75) is 25.0 Å². The van der Waals surface area contributed by atoms with E-state index in [4.69, 9.17) is 4.74 Å². The fraction of sp³-hybridized carbons (Fsp3) is 0.310. The number of para-hydroxylation sites is 2. The molecule has 2 bridgehead atoms. The number of nitro groups is 1. The molecule has 0 aliphatic carbocycles. The number of ketones is 1. The Morgan fingerprint density at radius 1 is 0.946 bits per heavy atom. The Labute approximate surface area is 215 Å². The highest BCUT2D eigenvalue weighted by atomic mass is 16.6. The molecular weight excluding hydrogens is 470 g/mol. The van der Waals surface area contributed by atoms with Gasteiger partial charge in [0, 0.05) is 30.5 Å².